The van der Waals surface area contributed by atoms with Gasteiger partial charge in [-0.1, -0.05) is 24.6 Å². The number of nitrogens with zero attached hydrogens (tertiary/aromatic N) is 2. The second-order valence-electron chi connectivity index (χ2n) is 6.94. The molecular weight excluding hydrogens is 302 g/mol. The number of piperazine rings is 1. The van der Waals surface area contributed by atoms with E-state index in [1.54, 1.807) is 0 Å². The van der Waals surface area contributed by atoms with Gasteiger partial charge in [0.15, 0.2) is 0 Å². The maximum Gasteiger partial charge on any atom is 0.222 e. The number of nitrogens with two attached hydrogens (primary N) is 1. The second kappa shape index (κ2) is 8.49. The zero-order chi connectivity index (χ0) is 16.8. The van der Waals surface area contributed by atoms with E-state index >= 15 is 0 Å². The predicted molar refractivity (Wildman–Crippen MR) is 94.9 cm³/mol. The highest BCUT2D eigenvalue weighted by Gasteiger charge is 2.29. The lowest BCUT2D eigenvalue weighted by Crippen LogP contribution is -2.50. The van der Waals surface area contributed by atoms with Crippen LogP contribution >= 0.6 is 0 Å². The number of hydrogen-bond donors (Lipinski definition) is 1. The van der Waals surface area contributed by atoms with Gasteiger partial charge in [0, 0.05) is 45.2 Å². The van der Waals surface area contributed by atoms with Crippen molar-refractivity contribution >= 4 is 5.91 Å². The highest BCUT2D eigenvalue weighted by Crippen LogP contribution is 2.27. The average molecular weight is 331 g/mol. The molecule has 3 rings (SSSR count). The van der Waals surface area contributed by atoms with Crippen LogP contribution in [0.1, 0.15) is 25.7 Å². The topological polar surface area (TPSA) is 58.8 Å². The molecule has 1 heterocycles. The van der Waals surface area contributed by atoms with Gasteiger partial charge < -0.3 is 15.4 Å². The fraction of sp³-hybridized carbons (Fsp3) is 0.632. The average Bonchev–Trinajstić information content (AvgIpc) is 3.01. The normalized spacial score (nSPS) is 25.0. The van der Waals surface area contributed by atoms with Crippen molar-refractivity contribution in [2.45, 2.75) is 31.7 Å². The maximum absolute atomic E-state index is 12.4. The largest absolute Gasteiger partial charge is 0.492 e. The summed E-state index contributed by atoms with van der Waals surface area (Å²) in [5.74, 6) is 1.60. The Morgan fingerprint density at radius 1 is 1.12 bits per heavy atom. The molecule has 24 heavy (non-hydrogen) atoms. The quantitative estimate of drug-likeness (QED) is 0.862. The third kappa shape index (κ3) is 4.71. The molecule has 1 amide bonds. The van der Waals surface area contributed by atoms with Crippen LogP contribution in [0.15, 0.2) is 30.3 Å². The van der Waals surface area contributed by atoms with Gasteiger partial charge in [-0.05, 0) is 30.9 Å². The van der Waals surface area contributed by atoms with Crippen molar-refractivity contribution in [2.75, 3.05) is 39.3 Å². The Morgan fingerprint density at radius 3 is 2.54 bits per heavy atom. The highest BCUT2D eigenvalue weighted by molar-refractivity contribution is 5.76. The van der Waals surface area contributed by atoms with E-state index in [1.165, 1.54) is 6.42 Å². The van der Waals surface area contributed by atoms with E-state index in [9.17, 15) is 4.79 Å². The molecule has 2 atom stereocenters. The monoisotopic (exact) mass is 331 g/mol. The molecule has 0 unspecified atom stereocenters. The standard InChI is InChI=1S/C19H29N3O2/c20-18-8-4-5-16(18)15-19(23)22-11-9-21(10-12-22)13-14-24-17-6-2-1-3-7-17/h1-3,6-7,16,18H,4-5,8-15,20H2/t16-,18+/m0/s1. The van der Waals surface area contributed by atoms with Crippen LogP contribution in [0.25, 0.3) is 0 Å². The molecular formula is C19H29N3O2. The van der Waals surface area contributed by atoms with Gasteiger partial charge in [-0.15, -0.1) is 0 Å². The van der Waals surface area contributed by atoms with E-state index in [2.05, 4.69) is 4.90 Å². The first-order valence-corrected chi connectivity index (χ1v) is 9.16. The number of carbonyl (C=O) groups excluding carboxylic acids is 1. The molecule has 132 valence electrons. The van der Waals surface area contributed by atoms with E-state index < -0.39 is 0 Å². The summed E-state index contributed by atoms with van der Waals surface area (Å²) in [6, 6.07) is 10.1. The lowest BCUT2D eigenvalue weighted by Gasteiger charge is -2.35. The molecule has 1 aliphatic carbocycles. The van der Waals surface area contributed by atoms with Crippen molar-refractivity contribution in [3.8, 4) is 5.75 Å². The molecule has 0 aromatic heterocycles. The number of carbonyl (C=O) groups is 1. The summed E-state index contributed by atoms with van der Waals surface area (Å²) in [6.45, 7) is 5.11. The first-order chi connectivity index (χ1) is 11.7. The first-order valence-electron chi connectivity index (χ1n) is 9.16. The number of ether oxygens (including phenoxy) is 1. The minimum atomic E-state index is 0.227. The summed E-state index contributed by atoms with van der Waals surface area (Å²) in [4.78, 5) is 16.8. The summed E-state index contributed by atoms with van der Waals surface area (Å²) in [7, 11) is 0. The number of amides is 1. The maximum atomic E-state index is 12.4. The number of hydrogen-bond acceptors (Lipinski definition) is 4. The Kier molecular flexibility index (Phi) is 6.10. The third-order valence-electron chi connectivity index (χ3n) is 5.30. The Labute approximate surface area is 144 Å². The van der Waals surface area contributed by atoms with Crippen LogP contribution in [0.3, 0.4) is 0 Å². The van der Waals surface area contributed by atoms with Crippen molar-refractivity contribution in [1.82, 2.24) is 9.80 Å². The molecule has 0 spiro atoms. The second-order valence-corrected chi connectivity index (χ2v) is 6.94. The number of benzene rings is 1. The van der Waals surface area contributed by atoms with E-state index in [0.29, 0.717) is 18.9 Å². The third-order valence-corrected chi connectivity index (χ3v) is 5.30. The Balaban J connectivity index is 1.34. The summed E-state index contributed by atoms with van der Waals surface area (Å²) in [5, 5.41) is 0. The van der Waals surface area contributed by atoms with Crippen LogP contribution in [0, 0.1) is 5.92 Å². The molecule has 5 nitrogen and oxygen atoms in total. The van der Waals surface area contributed by atoms with Crippen LogP contribution in [0.4, 0.5) is 0 Å². The van der Waals surface area contributed by atoms with E-state index in [4.69, 9.17) is 10.5 Å². The van der Waals surface area contributed by atoms with Gasteiger partial charge in [0.2, 0.25) is 5.91 Å². The SMILES string of the molecule is N[C@@H]1CCC[C@H]1CC(=O)N1CCN(CCOc2ccccc2)CC1. The Hall–Kier alpha value is -1.59. The smallest absolute Gasteiger partial charge is 0.222 e. The molecule has 0 radical (unpaired) electrons. The summed E-state index contributed by atoms with van der Waals surface area (Å²) in [5.41, 5.74) is 6.09. The molecule has 5 heteroatoms. The van der Waals surface area contributed by atoms with Gasteiger partial charge in [-0.25, -0.2) is 0 Å². The molecule has 1 saturated heterocycles. The van der Waals surface area contributed by atoms with Crippen molar-refractivity contribution in [2.24, 2.45) is 11.7 Å². The molecule has 1 aromatic carbocycles. The molecule has 2 fully saturated rings. The van der Waals surface area contributed by atoms with Gasteiger partial charge in [-0.3, -0.25) is 9.69 Å². The van der Waals surface area contributed by atoms with Gasteiger partial charge in [-0.2, -0.15) is 0 Å². The van der Waals surface area contributed by atoms with E-state index in [0.717, 1.165) is 51.3 Å². The minimum Gasteiger partial charge on any atom is -0.492 e. The number of rotatable bonds is 6. The van der Waals surface area contributed by atoms with Gasteiger partial charge in [0.05, 0.1) is 0 Å². The summed E-state index contributed by atoms with van der Waals surface area (Å²) < 4.78 is 5.75. The van der Waals surface area contributed by atoms with Crippen LogP contribution in [-0.2, 0) is 4.79 Å². The van der Waals surface area contributed by atoms with Crippen molar-refractivity contribution in [1.29, 1.82) is 0 Å². The minimum absolute atomic E-state index is 0.227. The van der Waals surface area contributed by atoms with Gasteiger partial charge in [0.1, 0.15) is 12.4 Å². The fourth-order valence-corrected chi connectivity index (χ4v) is 3.70. The molecule has 1 aromatic rings. The Bertz CT molecular complexity index is 515. The van der Waals surface area contributed by atoms with Crippen LogP contribution < -0.4 is 10.5 Å². The highest BCUT2D eigenvalue weighted by atomic mass is 16.5. The van der Waals surface area contributed by atoms with Crippen molar-refractivity contribution < 1.29 is 9.53 Å². The fourth-order valence-electron chi connectivity index (χ4n) is 3.70. The lowest BCUT2D eigenvalue weighted by molar-refractivity contribution is -0.134. The van der Waals surface area contributed by atoms with Crippen LogP contribution in [0.5, 0.6) is 5.75 Å². The van der Waals surface area contributed by atoms with Crippen molar-refractivity contribution in [3.63, 3.8) is 0 Å². The zero-order valence-corrected chi connectivity index (χ0v) is 14.4. The van der Waals surface area contributed by atoms with Gasteiger partial charge >= 0.3 is 0 Å². The number of para-hydroxylation sites is 1. The van der Waals surface area contributed by atoms with Crippen LogP contribution in [0.2, 0.25) is 0 Å². The van der Waals surface area contributed by atoms with Crippen molar-refractivity contribution in [3.05, 3.63) is 30.3 Å². The van der Waals surface area contributed by atoms with E-state index in [1.807, 2.05) is 35.2 Å². The summed E-state index contributed by atoms with van der Waals surface area (Å²) >= 11 is 0. The molecule has 1 saturated carbocycles. The molecule has 2 N–H and O–H groups in total. The van der Waals surface area contributed by atoms with E-state index in [-0.39, 0.29) is 11.9 Å². The Morgan fingerprint density at radius 2 is 1.88 bits per heavy atom. The van der Waals surface area contributed by atoms with Gasteiger partial charge in [0.25, 0.3) is 0 Å². The zero-order valence-electron chi connectivity index (χ0n) is 14.4. The van der Waals surface area contributed by atoms with Crippen LogP contribution in [-0.4, -0.2) is 61.1 Å². The molecule has 1 aliphatic heterocycles. The predicted octanol–water partition coefficient (Wildman–Crippen LogP) is 1.73. The first kappa shape index (κ1) is 17.2. The lowest BCUT2D eigenvalue weighted by atomic mass is 9.99. The summed E-state index contributed by atoms with van der Waals surface area (Å²) in [6.07, 6.45) is 4.00. The molecule has 2 aliphatic rings. The molecule has 0 bridgehead atoms.